The number of carbonyl (C=O) groups is 1. The molecule has 0 aliphatic heterocycles. The number of H-pyrrole nitrogens is 1. The third kappa shape index (κ3) is 3.19. The van der Waals surface area contributed by atoms with Crippen molar-refractivity contribution >= 4 is 5.97 Å². The SMILES string of the molecule is COc1cc(C)cc(-c2cccc(Oc3nn[nH]c3C(=O)O)c2)c1. The number of carboxylic acid groups (broad SMARTS) is 1. The molecule has 0 saturated carbocycles. The molecule has 2 aromatic carbocycles. The van der Waals surface area contributed by atoms with E-state index in [0.29, 0.717) is 5.75 Å². The second-order valence-corrected chi connectivity index (χ2v) is 5.17. The molecule has 0 atom stereocenters. The number of nitrogens with zero attached hydrogens (tertiary/aromatic N) is 2. The van der Waals surface area contributed by atoms with Crippen molar-refractivity contribution in [3.63, 3.8) is 0 Å². The van der Waals surface area contributed by atoms with Gasteiger partial charge < -0.3 is 14.6 Å². The van der Waals surface area contributed by atoms with Crippen LogP contribution in [0.5, 0.6) is 17.4 Å². The minimum absolute atomic E-state index is 0.0820. The molecule has 2 N–H and O–H groups in total. The van der Waals surface area contributed by atoms with E-state index in [4.69, 9.17) is 14.6 Å². The summed E-state index contributed by atoms with van der Waals surface area (Å²) in [6, 6.07) is 13.2. The van der Waals surface area contributed by atoms with Gasteiger partial charge in [0.15, 0.2) is 0 Å². The van der Waals surface area contributed by atoms with Crippen LogP contribution in [0, 0.1) is 6.92 Å². The van der Waals surface area contributed by atoms with Gasteiger partial charge in [-0.3, -0.25) is 0 Å². The Kier molecular flexibility index (Phi) is 4.15. The molecule has 3 aromatic rings. The molecule has 7 nitrogen and oxygen atoms in total. The molecular formula is C17H15N3O4. The van der Waals surface area contributed by atoms with Gasteiger partial charge in [0.1, 0.15) is 11.5 Å². The molecule has 0 saturated heterocycles. The number of aromatic amines is 1. The van der Waals surface area contributed by atoms with Crippen molar-refractivity contribution in [1.29, 1.82) is 0 Å². The number of rotatable bonds is 5. The second-order valence-electron chi connectivity index (χ2n) is 5.17. The molecule has 0 unspecified atom stereocenters. The van der Waals surface area contributed by atoms with Gasteiger partial charge in [-0.05, 0) is 47.9 Å². The maximum atomic E-state index is 11.1. The highest BCUT2D eigenvalue weighted by Gasteiger charge is 2.16. The highest BCUT2D eigenvalue weighted by Crippen LogP contribution is 2.30. The van der Waals surface area contributed by atoms with Gasteiger partial charge >= 0.3 is 5.97 Å². The van der Waals surface area contributed by atoms with E-state index in [-0.39, 0.29) is 11.6 Å². The zero-order valence-electron chi connectivity index (χ0n) is 13.1. The number of hydrogen-bond donors (Lipinski definition) is 2. The lowest BCUT2D eigenvalue weighted by atomic mass is 10.0. The molecule has 0 aliphatic rings. The first-order valence-electron chi connectivity index (χ1n) is 7.15. The second kappa shape index (κ2) is 6.41. The lowest BCUT2D eigenvalue weighted by molar-refractivity contribution is 0.0687. The predicted octanol–water partition coefficient (Wildman–Crippen LogP) is 3.28. The highest BCUT2D eigenvalue weighted by atomic mass is 16.5. The van der Waals surface area contributed by atoms with Crippen molar-refractivity contribution in [3.05, 3.63) is 53.7 Å². The fourth-order valence-electron chi connectivity index (χ4n) is 2.31. The molecule has 122 valence electrons. The smallest absolute Gasteiger partial charge is 0.359 e. The van der Waals surface area contributed by atoms with Gasteiger partial charge in [0.2, 0.25) is 5.69 Å². The number of aromatic carboxylic acids is 1. The van der Waals surface area contributed by atoms with Gasteiger partial charge in [0.05, 0.1) is 7.11 Å². The quantitative estimate of drug-likeness (QED) is 0.747. The van der Waals surface area contributed by atoms with Gasteiger partial charge in [-0.25, -0.2) is 9.89 Å². The summed E-state index contributed by atoms with van der Waals surface area (Å²) < 4.78 is 10.8. The number of hydrogen-bond acceptors (Lipinski definition) is 5. The summed E-state index contributed by atoms with van der Waals surface area (Å²) in [5.74, 6) is -0.0404. The van der Waals surface area contributed by atoms with E-state index in [2.05, 4.69) is 15.4 Å². The lowest BCUT2D eigenvalue weighted by Crippen LogP contribution is -1.99. The van der Waals surface area contributed by atoms with E-state index in [1.54, 1.807) is 19.2 Å². The summed E-state index contributed by atoms with van der Waals surface area (Å²) in [5, 5.41) is 18.4. The Hall–Kier alpha value is -3.35. The number of ether oxygens (including phenoxy) is 2. The molecule has 0 fully saturated rings. The summed E-state index contributed by atoms with van der Waals surface area (Å²) in [4.78, 5) is 11.1. The summed E-state index contributed by atoms with van der Waals surface area (Å²) in [5.41, 5.74) is 2.75. The van der Waals surface area contributed by atoms with Crippen LogP contribution < -0.4 is 9.47 Å². The van der Waals surface area contributed by atoms with Crippen LogP contribution in [0.1, 0.15) is 16.1 Å². The van der Waals surface area contributed by atoms with Crippen LogP contribution in [0.3, 0.4) is 0 Å². The molecule has 24 heavy (non-hydrogen) atoms. The van der Waals surface area contributed by atoms with Crippen LogP contribution >= 0.6 is 0 Å². The zero-order valence-corrected chi connectivity index (χ0v) is 13.1. The average molecular weight is 325 g/mol. The molecule has 0 radical (unpaired) electrons. The van der Waals surface area contributed by atoms with Crippen LogP contribution in [0.15, 0.2) is 42.5 Å². The fraction of sp³-hybridized carbons (Fsp3) is 0.118. The fourth-order valence-corrected chi connectivity index (χ4v) is 2.31. The van der Waals surface area contributed by atoms with E-state index >= 15 is 0 Å². The Bertz CT molecular complexity index is 889. The third-order valence-electron chi connectivity index (χ3n) is 3.40. The van der Waals surface area contributed by atoms with Gasteiger partial charge in [0.25, 0.3) is 5.88 Å². The van der Waals surface area contributed by atoms with Crippen molar-refractivity contribution in [3.8, 4) is 28.5 Å². The number of methoxy groups -OCH3 is 1. The Morgan fingerprint density at radius 1 is 1.12 bits per heavy atom. The monoisotopic (exact) mass is 325 g/mol. The number of aromatic nitrogens is 3. The maximum absolute atomic E-state index is 11.1. The molecule has 0 amide bonds. The number of benzene rings is 2. The molecule has 1 heterocycles. The first-order chi connectivity index (χ1) is 11.6. The molecule has 7 heteroatoms. The van der Waals surface area contributed by atoms with Gasteiger partial charge in [0, 0.05) is 0 Å². The summed E-state index contributed by atoms with van der Waals surface area (Å²) >= 11 is 0. The van der Waals surface area contributed by atoms with Crippen LogP contribution in [0.25, 0.3) is 11.1 Å². The summed E-state index contributed by atoms with van der Waals surface area (Å²) in [7, 11) is 1.62. The standard InChI is InChI=1S/C17H15N3O4/c1-10-6-12(9-14(7-10)23-2)11-4-3-5-13(8-11)24-16-15(17(21)22)18-20-19-16/h3-9H,1-2H3,(H,21,22)(H,18,19,20). The van der Waals surface area contributed by atoms with E-state index < -0.39 is 5.97 Å². The van der Waals surface area contributed by atoms with Crippen molar-refractivity contribution < 1.29 is 19.4 Å². The van der Waals surface area contributed by atoms with Crippen molar-refractivity contribution in [2.24, 2.45) is 0 Å². The van der Waals surface area contributed by atoms with E-state index in [0.717, 1.165) is 22.4 Å². The molecular weight excluding hydrogens is 310 g/mol. The molecule has 3 rings (SSSR count). The number of aryl methyl sites for hydroxylation is 1. The third-order valence-corrected chi connectivity index (χ3v) is 3.40. The lowest BCUT2D eigenvalue weighted by Gasteiger charge is -2.09. The normalized spacial score (nSPS) is 10.4. The molecule has 0 bridgehead atoms. The molecule has 0 aliphatic carbocycles. The van der Waals surface area contributed by atoms with E-state index in [9.17, 15) is 4.79 Å². The zero-order chi connectivity index (χ0) is 17.1. The van der Waals surface area contributed by atoms with Crippen molar-refractivity contribution in [2.45, 2.75) is 6.92 Å². The largest absolute Gasteiger partial charge is 0.497 e. The topological polar surface area (TPSA) is 97.3 Å². The summed E-state index contributed by atoms with van der Waals surface area (Å²) in [6.07, 6.45) is 0. The Balaban J connectivity index is 1.93. The van der Waals surface area contributed by atoms with Crippen LogP contribution in [0.4, 0.5) is 0 Å². The predicted molar refractivity (Wildman–Crippen MR) is 86.6 cm³/mol. The Morgan fingerprint density at radius 2 is 1.92 bits per heavy atom. The van der Waals surface area contributed by atoms with Gasteiger partial charge in [-0.15, -0.1) is 0 Å². The van der Waals surface area contributed by atoms with E-state index in [1.165, 1.54) is 0 Å². The number of carboxylic acids is 1. The van der Waals surface area contributed by atoms with Crippen LogP contribution in [-0.2, 0) is 0 Å². The Labute approximate surface area is 137 Å². The Morgan fingerprint density at radius 3 is 2.67 bits per heavy atom. The van der Waals surface area contributed by atoms with Crippen LogP contribution in [0.2, 0.25) is 0 Å². The first-order valence-corrected chi connectivity index (χ1v) is 7.15. The van der Waals surface area contributed by atoms with Crippen molar-refractivity contribution in [2.75, 3.05) is 7.11 Å². The highest BCUT2D eigenvalue weighted by molar-refractivity contribution is 5.87. The first kappa shape index (κ1) is 15.5. The van der Waals surface area contributed by atoms with Gasteiger partial charge in [-0.2, -0.15) is 0 Å². The maximum Gasteiger partial charge on any atom is 0.359 e. The average Bonchev–Trinajstić information content (AvgIpc) is 3.03. The summed E-state index contributed by atoms with van der Waals surface area (Å²) in [6.45, 7) is 1.99. The van der Waals surface area contributed by atoms with Crippen LogP contribution in [-0.4, -0.2) is 33.6 Å². The minimum atomic E-state index is -1.19. The molecule has 1 aromatic heterocycles. The van der Waals surface area contributed by atoms with Gasteiger partial charge in [-0.1, -0.05) is 28.5 Å². The van der Waals surface area contributed by atoms with Crippen molar-refractivity contribution in [1.82, 2.24) is 15.4 Å². The molecule has 0 spiro atoms. The van der Waals surface area contributed by atoms with E-state index in [1.807, 2.05) is 37.3 Å². The number of nitrogens with one attached hydrogen (secondary N) is 1. The minimum Gasteiger partial charge on any atom is -0.497 e.